The fourth-order valence-electron chi connectivity index (χ4n) is 2.81. The number of hydrogen-bond donors (Lipinski definition) is 1. The quantitative estimate of drug-likeness (QED) is 0.846. The first-order valence-electron chi connectivity index (χ1n) is 6.99. The van der Waals surface area contributed by atoms with E-state index in [-0.39, 0.29) is 11.9 Å². The van der Waals surface area contributed by atoms with Crippen LogP contribution in [0.3, 0.4) is 0 Å². The van der Waals surface area contributed by atoms with Crippen molar-refractivity contribution in [1.29, 1.82) is 0 Å². The first-order valence-corrected chi connectivity index (χ1v) is 7.74. The first-order chi connectivity index (χ1) is 10.1. The number of fused-ring (bicyclic) bond motifs is 1. The summed E-state index contributed by atoms with van der Waals surface area (Å²) in [5.41, 5.74) is 2.99. The monoisotopic (exact) mass is 319 g/mol. The lowest BCUT2D eigenvalue weighted by Gasteiger charge is -2.26. The molecule has 0 radical (unpaired) electrons. The smallest absolute Gasteiger partial charge is 0.253 e. The van der Waals surface area contributed by atoms with Gasteiger partial charge in [0.05, 0.1) is 16.6 Å². The molecule has 0 heterocycles. The van der Waals surface area contributed by atoms with Crippen LogP contribution in [-0.2, 0) is 6.42 Å². The summed E-state index contributed by atoms with van der Waals surface area (Å²) in [6.45, 7) is 0. The number of nitrogens with one attached hydrogen (secondary N) is 1. The van der Waals surface area contributed by atoms with Crippen molar-refractivity contribution < 1.29 is 4.79 Å². The Kier molecular flexibility index (Phi) is 4.18. The zero-order valence-electron chi connectivity index (χ0n) is 11.4. The minimum absolute atomic E-state index is 0.0502. The molecule has 0 saturated carbocycles. The average Bonchev–Trinajstić information content (AvgIpc) is 2.47. The van der Waals surface area contributed by atoms with E-state index in [1.807, 2.05) is 12.1 Å². The summed E-state index contributed by atoms with van der Waals surface area (Å²) in [5, 5.41) is 3.99. The highest BCUT2D eigenvalue weighted by molar-refractivity contribution is 6.36. The Morgan fingerprint density at radius 3 is 2.76 bits per heavy atom. The van der Waals surface area contributed by atoms with Gasteiger partial charge in [-0.1, -0.05) is 47.5 Å². The summed E-state index contributed by atoms with van der Waals surface area (Å²) in [6, 6.07) is 13.2. The van der Waals surface area contributed by atoms with Crippen molar-refractivity contribution in [3.05, 3.63) is 69.2 Å². The molecule has 21 heavy (non-hydrogen) atoms. The van der Waals surface area contributed by atoms with Gasteiger partial charge in [0.25, 0.3) is 5.91 Å². The maximum absolute atomic E-state index is 12.4. The topological polar surface area (TPSA) is 29.1 Å². The molecule has 0 aliphatic heterocycles. The van der Waals surface area contributed by atoms with Crippen molar-refractivity contribution >= 4 is 29.1 Å². The van der Waals surface area contributed by atoms with E-state index in [0.717, 1.165) is 19.3 Å². The molecular formula is C17H15Cl2NO. The van der Waals surface area contributed by atoms with Crippen molar-refractivity contribution in [2.45, 2.75) is 25.3 Å². The first kappa shape index (κ1) is 14.4. The summed E-state index contributed by atoms with van der Waals surface area (Å²) in [5.74, 6) is -0.154. The van der Waals surface area contributed by atoms with E-state index >= 15 is 0 Å². The predicted octanol–water partition coefficient (Wildman–Crippen LogP) is 4.80. The number of aryl methyl sites for hydroxylation is 1. The van der Waals surface area contributed by atoms with Gasteiger partial charge in [-0.3, -0.25) is 4.79 Å². The molecule has 2 aromatic rings. The molecule has 108 valence electrons. The van der Waals surface area contributed by atoms with E-state index in [0.29, 0.717) is 15.6 Å². The molecule has 0 saturated heterocycles. The third kappa shape index (κ3) is 3.07. The van der Waals surface area contributed by atoms with Crippen LogP contribution in [0.2, 0.25) is 10.0 Å². The van der Waals surface area contributed by atoms with Gasteiger partial charge in [-0.15, -0.1) is 0 Å². The molecule has 1 amide bonds. The van der Waals surface area contributed by atoms with Crippen LogP contribution < -0.4 is 5.32 Å². The van der Waals surface area contributed by atoms with Gasteiger partial charge in [-0.2, -0.15) is 0 Å². The fourth-order valence-corrected chi connectivity index (χ4v) is 3.31. The van der Waals surface area contributed by atoms with Gasteiger partial charge in [0.2, 0.25) is 0 Å². The normalized spacial score (nSPS) is 17.1. The third-order valence-electron chi connectivity index (χ3n) is 3.85. The van der Waals surface area contributed by atoms with E-state index in [1.165, 1.54) is 11.1 Å². The Labute approximate surface area is 134 Å². The molecule has 1 aliphatic rings. The van der Waals surface area contributed by atoms with Crippen LogP contribution >= 0.6 is 23.2 Å². The number of carbonyl (C=O) groups excluding carboxylic acids is 1. The summed E-state index contributed by atoms with van der Waals surface area (Å²) < 4.78 is 0. The zero-order chi connectivity index (χ0) is 14.8. The van der Waals surface area contributed by atoms with Gasteiger partial charge in [-0.05, 0) is 48.6 Å². The molecule has 4 heteroatoms. The van der Waals surface area contributed by atoms with E-state index in [1.54, 1.807) is 18.2 Å². The lowest BCUT2D eigenvalue weighted by molar-refractivity contribution is 0.0933. The molecule has 0 fully saturated rings. The lowest BCUT2D eigenvalue weighted by atomic mass is 9.87. The van der Waals surface area contributed by atoms with Gasteiger partial charge in [0, 0.05) is 5.02 Å². The number of amides is 1. The van der Waals surface area contributed by atoms with E-state index < -0.39 is 0 Å². The molecule has 1 aliphatic carbocycles. The van der Waals surface area contributed by atoms with Crippen LogP contribution in [-0.4, -0.2) is 5.91 Å². The Bertz CT molecular complexity index is 684. The predicted molar refractivity (Wildman–Crippen MR) is 86.0 cm³/mol. The summed E-state index contributed by atoms with van der Waals surface area (Å²) in [6.07, 6.45) is 3.11. The zero-order valence-corrected chi connectivity index (χ0v) is 12.9. The second-order valence-corrected chi connectivity index (χ2v) is 6.08. The Morgan fingerprint density at radius 1 is 1.14 bits per heavy atom. The van der Waals surface area contributed by atoms with Crippen LogP contribution in [0, 0.1) is 0 Å². The number of hydrogen-bond acceptors (Lipinski definition) is 1. The van der Waals surface area contributed by atoms with Crippen LogP contribution in [0.5, 0.6) is 0 Å². The minimum Gasteiger partial charge on any atom is -0.345 e. The summed E-state index contributed by atoms with van der Waals surface area (Å²) >= 11 is 12.0. The standard InChI is InChI=1S/C17H15Cl2NO/c18-12-8-9-14(15(19)10-12)17(21)20-16-7-3-5-11-4-1-2-6-13(11)16/h1-2,4,6,8-10,16H,3,5,7H2,(H,20,21)/t16-/m0/s1. The van der Waals surface area contributed by atoms with Gasteiger partial charge in [0.15, 0.2) is 0 Å². The minimum atomic E-state index is -0.154. The van der Waals surface area contributed by atoms with Crippen molar-refractivity contribution in [3.63, 3.8) is 0 Å². The Morgan fingerprint density at radius 2 is 1.95 bits per heavy atom. The highest BCUT2D eigenvalue weighted by Gasteiger charge is 2.22. The Hall–Kier alpha value is -1.51. The molecule has 0 unspecified atom stereocenters. The molecule has 2 nitrogen and oxygen atoms in total. The van der Waals surface area contributed by atoms with Crippen LogP contribution in [0.15, 0.2) is 42.5 Å². The van der Waals surface area contributed by atoms with E-state index in [2.05, 4.69) is 17.4 Å². The van der Waals surface area contributed by atoms with E-state index in [4.69, 9.17) is 23.2 Å². The SMILES string of the molecule is O=C(N[C@H]1CCCc2ccccc21)c1ccc(Cl)cc1Cl. The maximum Gasteiger partial charge on any atom is 0.253 e. The molecule has 0 aromatic heterocycles. The molecule has 0 spiro atoms. The second kappa shape index (κ2) is 6.08. The second-order valence-electron chi connectivity index (χ2n) is 5.24. The van der Waals surface area contributed by atoms with Crippen LogP contribution in [0.25, 0.3) is 0 Å². The van der Waals surface area contributed by atoms with Crippen molar-refractivity contribution in [2.75, 3.05) is 0 Å². The molecule has 1 N–H and O–H groups in total. The van der Waals surface area contributed by atoms with E-state index in [9.17, 15) is 4.79 Å². The largest absolute Gasteiger partial charge is 0.345 e. The van der Waals surface area contributed by atoms with Crippen molar-refractivity contribution in [1.82, 2.24) is 5.32 Å². The molecule has 2 aromatic carbocycles. The van der Waals surface area contributed by atoms with Crippen molar-refractivity contribution in [2.24, 2.45) is 0 Å². The lowest BCUT2D eigenvalue weighted by Crippen LogP contribution is -2.31. The number of benzene rings is 2. The number of halogens is 2. The number of carbonyl (C=O) groups is 1. The van der Waals surface area contributed by atoms with Crippen LogP contribution in [0.1, 0.15) is 40.4 Å². The van der Waals surface area contributed by atoms with Gasteiger partial charge in [0.1, 0.15) is 0 Å². The summed E-state index contributed by atoms with van der Waals surface area (Å²) in [7, 11) is 0. The number of rotatable bonds is 2. The van der Waals surface area contributed by atoms with Crippen LogP contribution in [0.4, 0.5) is 0 Å². The molecule has 3 rings (SSSR count). The van der Waals surface area contributed by atoms with Gasteiger partial charge in [-0.25, -0.2) is 0 Å². The molecule has 1 atom stereocenters. The third-order valence-corrected chi connectivity index (χ3v) is 4.40. The maximum atomic E-state index is 12.4. The highest BCUT2D eigenvalue weighted by atomic mass is 35.5. The Balaban J connectivity index is 1.83. The molecule has 0 bridgehead atoms. The van der Waals surface area contributed by atoms with Crippen molar-refractivity contribution in [3.8, 4) is 0 Å². The highest BCUT2D eigenvalue weighted by Crippen LogP contribution is 2.30. The van der Waals surface area contributed by atoms with Gasteiger partial charge >= 0.3 is 0 Å². The summed E-state index contributed by atoms with van der Waals surface area (Å²) in [4.78, 5) is 12.4. The molecular weight excluding hydrogens is 305 g/mol. The average molecular weight is 320 g/mol. The fraction of sp³-hybridized carbons (Fsp3) is 0.235. The van der Waals surface area contributed by atoms with Gasteiger partial charge < -0.3 is 5.32 Å².